The number of hydrogen-bond donors (Lipinski definition) is 0. The first-order valence-corrected chi connectivity index (χ1v) is 10.1. The van der Waals surface area contributed by atoms with Crippen molar-refractivity contribution in [3.8, 4) is 22.6 Å². The Labute approximate surface area is 169 Å². The second-order valence-electron chi connectivity index (χ2n) is 7.38. The first-order valence-electron chi connectivity index (χ1n) is 9.26. The molecule has 1 atom stereocenters. The third-order valence-electron chi connectivity index (χ3n) is 5.47. The van der Waals surface area contributed by atoms with E-state index in [1.807, 2.05) is 17.4 Å². The molecule has 1 aliphatic carbocycles. The Kier molecular flexibility index (Phi) is 4.83. The summed E-state index contributed by atoms with van der Waals surface area (Å²) < 4.78 is 5.81. The fourth-order valence-corrected chi connectivity index (χ4v) is 5.48. The molecule has 0 aliphatic heterocycles. The predicted molar refractivity (Wildman–Crippen MR) is 109 cm³/mol. The molecule has 0 amide bonds. The SMILES string of the molecule is Cc1ccccc1-c1cc(-c2ccco2)c2c3c(sc2n1)CC(C)CC3.[Cl-]. The van der Waals surface area contributed by atoms with Crippen molar-refractivity contribution in [1.29, 1.82) is 0 Å². The molecular weight excluding hydrogens is 374 g/mol. The Morgan fingerprint density at radius 1 is 1.11 bits per heavy atom. The van der Waals surface area contributed by atoms with Crippen LogP contribution in [0.2, 0.25) is 0 Å². The minimum atomic E-state index is 0. The van der Waals surface area contributed by atoms with Crippen molar-refractivity contribution in [2.45, 2.75) is 33.1 Å². The van der Waals surface area contributed by atoms with Gasteiger partial charge in [-0.05, 0) is 61.4 Å². The number of aryl methyl sites for hydroxylation is 2. The summed E-state index contributed by atoms with van der Waals surface area (Å²) in [6, 6.07) is 14.7. The van der Waals surface area contributed by atoms with Crippen LogP contribution in [0.1, 0.15) is 29.3 Å². The van der Waals surface area contributed by atoms with Crippen molar-refractivity contribution >= 4 is 21.6 Å². The molecule has 4 aromatic rings. The number of thiophene rings is 1. The standard InChI is InChI=1S/C23H21NOS.ClH/c1-14-9-10-17-21(12-14)26-23-22(17)18(20-8-5-11-25-20)13-19(24-23)16-7-4-3-6-15(16)2;/h3-8,11,13-14H,9-10,12H2,1-2H3;1H/p-1. The maximum Gasteiger partial charge on any atom is 0.134 e. The number of rotatable bonds is 2. The maximum atomic E-state index is 5.81. The number of pyridine rings is 1. The molecule has 0 saturated heterocycles. The van der Waals surface area contributed by atoms with E-state index in [2.05, 4.69) is 50.2 Å². The third kappa shape index (κ3) is 3.09. The molecule has 3 heterocycles. The van der Waals surface area contributed by atoms with Gasteiger partial charge in [-0.3, -0.25) is 0 Å². The van der Waals surface area contributed by atoms with Crippen LogP contribution in [-0.4, -0.2) is 4.98 Å². The Bertz CT molecular complexity index is 1100. The lowest BCUT2D eigenvalue weighted by molar-refractivity contribution is -0.00000566. The van der Waals surface area contributed by atoms with E-state index < -0.39 is 0 Å². The summed E-state index contributed by atoms with van der Waals surface area (Å²) in [6.45, 7) is 4.50. The van der Waals surface area contributed by atoms with Crippen molar-refractivity contribution in [2.24, 2.45) is 5.92 Å². The molecule has 0 radical (unpaired) electrons. The quantitative estimate of drug-likeness (QED) is 0.518. The molecule has 5 rings (SSSR count). The lowest BCUT2D eigenvalue weighted by atomic mass is 9.88. The number of halogens is 1. The molecule has 2 nitrogen and oxygen atoms in total. The number of hydrogen-bond acceptors (Lipinski definition) is 3. The summed E-state index contributed by atoms with van der Waals surface area (Å²) in [5, 5.41) is 1.31. The van der Waals surface area contributed by atoms with Crippen LogP contribution in [0, 0.1) is 12.8 Å². The summed E-state index contributed by atoms with van der Waals surface area (Å²) >= 11 is 1.88. The molecule has 1 aromatic carbocycles. The van der Waals surface area contributed by atoms with Crippen LogP contribution in [0.15, 0.2) is 53.1 Å². The molecule has 0 saturated carbocycles. The Morgan fingerprint density at radius 3 is 2.74 bits per heavy atom. The van der Waals surface area contributed by atoms with Crippen LogP contribution >= 0.6 is 11.3 Å². The summed E-state index contributed by atoms with van der Waals surface area (Å²) in [4.78, 5) is 7.75. The van der Waals surface area contributed by atoms with Crippen LogP contribution < -0.4 is 12.4 Å². The van der Waals surface area contributed by atoms with E-state index >= 15 is 0 Å². The van der Waals surface area contributed by atoms with E-state index in [0.29, 0.717) is 0 Å². The van der Waals surface area contributed by atoms with E-state index in [-0.39, 0.29) is 12.4 Å². The highest BCUT2D eigenvalue weighted by molar-refractivity contribution is 7.19. The Balaban J connectivity index is 0.00000180. The highest BCUT2D eigenvalue weighted by atomic mass is 35.5. The predicted octanol–water partition coefficient (Wildman–Crippen LogP) is 3.66. The minimum absolute atomic E-state index is 0. The second kappa shape index (κ2) is 7.14. The van der Waals surface area contributed by atoms with Crippen molar-refractivity contribution in [3.63, 3.8) is 0 Å². The largest absolute Gasteiger partial charge is 1.00 e. The topological polar surface area (TPSA) is 26.0 Å². The lowest BCUT2D eigenvalue weighted by Crippen LogP contribution is -3.00. The second-order valence-corrected chi connectivity index (χ2v) is 8.46. The number of fused-ring (bicyclic) bond motifs is 3. The molecule has 0 bridgehead atoms. The number of aromatic nitrogens is 1. The molecule has 138 valence electrons. The Hall–Kier alpha value is -2.10. The van der Waals surface area contributed by atoms with Crippen molar-refractivity contribution in [2.75, 3.05) is 0 Å². The van der Waals surface area contributed by atoms with Crippen LogP contribution in [0.25, 0.3) is 32.8 Å². The molecule has 27 heavy (non-hydrogen) atoms. The van der Waals surface area contributed by atoms with Crippen LogP contribution in [0.4, 0.5) is 0 Å². The molecular formula is C23H21ClNOS-. The molecule has 0 fully saturated rings. The van der Waals surface area contributed by atoms with Crippen molar-refractivity contribution < 1.29 is 16.8 Å². The number of benzene rings is 1. The number of furan rings is 1. The van der Waals surface area contributed by atoms with Crippen molar-refractivity contribution in [1.82, 2.24) is 4.98 Å². The fraction of sp³-hybridized carbons (Fsp3) is 0.261. The van der Waals surface area contributed by atoms with Gasteiger partial charge in [0, 0.05) is 21.4 Å². The van der Waals surface area contributed by atoms with Crippen LogP contribution in [-0.2, 0) is 12.8 Å². The van der Waals surface area contributed by atoms with E-state index in [4.69, 9.17) is 9.40 Å². The zero-order valence-corrected chi connectivity index (χ0v) is 17.0. The van der Waals surface area contributed by atoms with Gasteiger partial charge in [-0.2, -0.15) is 0 Å². The highest BCUT2D eigenvalue weighted by Crippen LogP contribution is 2.43. The highest BCUT2D eigenvalue weighted by Gasteiger charge is 2.24. The van der Waals surface area contributed by atoms with E-state index in [0.717, 1.165) is 28.6 Å². The smallest absolute Gasteiger partial charge is 0.134 e. The molecule has 1 unspecified atom stereocenters. The van der Waals surface area contributed by atoms with Crippen molar-refractivity contribution in [3.05, 3.63) is 64.7 Å². The maximum absolute atomic E-state index is 5.81. The molecule has 3 aromatic heterocycles. The van der Waals surface area contributed by atoms with Gasteiger partial charge in [0.15, 0.2) is 0 Å². The van der Waals surface area contributed by atoms with E-state index in [1.54, 1.807) is 6.26 Å². The monoisotopic (exact) mass is 394 g/mol. The van der Waals surface area contributed by atoms with Gasteiger partial charge in [0.2, 0.25) is 0 Å². The van der Waals surface area contributed by atoms with Crippen LogP contribution in [0.5, 0.6) is 0 Å². The van der Waals surface area contributed by atoms with Gasteiger partial charge in [-0.25, -0.2) is 4.98 Å². The Morgan fingerprint density at radius 2 is 1.96 bits per heavy atom. The van der Waals surface area contributed by atoms with Gasteiger partial charge >= 0.3 is 0 Å². The fourth-order valence-electron chi connectivity index (χ4n) is 4.07. The first kappa shape index (κ1) is 18.3. The summed E-state index contributed by atoms with van der Waals surface area (Å²) in [7, 11) is 0. The zero-order valence-electron chi connectivity index (χ0n) is 15.5. The summed E-state index contributed by atoms with van der Waals surface area (Å²) in [5.74, 6) is 1.70. The molecule has 1 aliphatic rings. The minimum Gasteiger partial charge on any atom is -1.00 e. The van der Waals surface area contributed by atoms with E-state index in [1.165, 1.54) is 45.4 Å². The molecule has 0 N–H and O–H groups in total. The third-order valence-corrected chi connectivity index (χ3v) is 6.62. The van der Waals surface area contributed by atoms with Gasteiger partial charge in [0.25, 0.3) is 0 Å². The van der Waals surface area contributed by atoms with Gasteiger partial charge in [0.1, 0.15) is 10.6 Å². The summed E-state index contributed by atoms with van der Waals surface area (Å²) in [6.07, 6.45) is 5.34. The average molecular weight is 395 g/mol. The molecule has 4 heteroatoms. The average Bonchev–Trinajstić information content (AvgIpc) is 3.28. The normalized spacial score (nSPS) is 16.1. The van der Waals surface area contributed by atoms with Gasteiger partial charge in [-0.15, -0.1) is 11.3 Å². The number of nitrogens with zero attached hydrogens (tertiary/aromatic N) is 1. The zero-order chi connectivity index (χ0) is 17.7. The van der Waals surface area contributed by atoms with Crippen LogP contribution in [0.3, 0.4) is 0 Å². The molecule has 0 spiro atoms. The van der Waals surface area contributed by atoms with Gasteiger partial charge < -0.3 is 16.8 Å². The first-order chi connectivity index (χ1) is 12.7. The lowest BCUT2D eigenvalue weighted by Gasteiger charge is -2.18. The van der Waals surface area contributed by atoms with E-state index in [9.17, 15) is 0 Å². The summed E-state index contributed by atoms with van der Waals surface area (Å²) in [5.41, 5.74) is 6.17. The van der Waals surface area contributed by atoms with Gasteiger partial charge in [-0.1, -0.05) is 31.2 Å². The van der Waals surface area contributed by atoms with Gasteiger partial charge in [0.05, 0.1) is 12.0 Å².